The lowest BCUT2D eigenvalue weighted by molar-refractivity contribution is 0.824. The highest BCUT2D eigenvalue weighted by Crippen LogP contribution is 2.18. The molecule has 0 rings (SSSR count). The summed E-state index contributed by atoms with van der Waals surface area (Å²) in [6.45, 7) is 1.53. The average Bonchev–Trinajstić information content (AvgIpc) is 1.81. The Kier molecular flexibility index (Phi) is 28.1. The molecule has 0 aromatic rings. The van der Waals surface area contributed by atoms with Gasteiger partial charge in [-0.25, -0.2) is 0 Å². The predicted octanol–water partition coefficient (Wildman–Crippen LogP) is -0.118. The quantitative estimate of drug-likeness (QED) is 0.486. The van der Waals surface area contributed by atoms with Crippen LogP contribution in [0.3, 0.4) is 0 Å². The second-order valence-electron chi connectivity index (χ2n) is 1.22. The number of hydrogen-bond donors (Lipinski definition) is 2. The molecular formula is C4H15ClN2OS2. The zero-order valence-corrected chi connectivity index (χ0v) is 8.16. The van der Waals surface area contributed by atoms with E-state index in [0.29, 0.717) is 0 Å². The summed E-state index contributed by atoms with van der Waals surface area (Å²) in [6.07, 6.45) is 0. The Morgan fingerprint density at radius 2 is 1.20 bits per heavy atom. The molecule has 0 aromatic carbocycles. The van der Waals surface area contributed by atoms with Crippen molar-refractivity contribution in [2.45, 2.75) is 0 Å². The number of halogens is 1. The highest BCUT2D eigenvalue weighted by atomic mass is 35.5. The second-order valence-corrected chi connectivity index (χ2v) is 3.92. The van der Waals surface area contributed by atoms with Gasteiger partial charge in [-0.3, -0.25) is 0 Å². The SMILES string of the molecule is Cl.NCCSSCCN.O. The molecule has 0 unspecified atom stereocenters. The van der Waals surface area contributed by atoms with E-state index in [1.54, 1.807) is 21.6 Å². The normalized spacial score (nSPS) is 7.80. The van der Waals surface area contributed by atoms with Crippen LogP contribution < -0.4 is 11.5 Å². The van der Waals surface area contributed by atoms with Crippen molar-refractivity contribution in [3.8, 4) is 0 Å². The van der Waals surface area contributed by atoms with Crippen molar-refractivity contribution >= 4 is 34.0 Å². The lowest BCUT2D eigenvalue weighted by Crippen LogP contribution is -2.02. The first kappa shape index (κ1) is 17.1. The molecule has 0 atom stereocenters. The van der Waals surface area contributed by atoms with Gasteiger partial charge in [0.15, 0.2) is 0 Å². The minimum atomic E-state index is 0. The van der Waals surface area contributed by atoms with Crippen LogP contribution in [0.5, 0.6) is 0 Å². The predicted molar refractivity (Wildman–Crippen MR) is 53.9 cm³/mol. The molecule has 0 saturated heterocycles. The molecule has 0 radical (unpaired) electrons. The van der Waals surface area contributed by atoms with E-state index < -0.39 is 0 Å². The fraction of sp³-hybridized carbons (Fsp3) is 1.00. The molecule has 66 valence electrons. The summed E-state index contributed by atoms with van der Waals surface area (Å²) in [5.74, 6) is 2.06. The monoisotopic (exact) mass is 206 g/mol. The maximum absolute atomic E-state index is 5.25. The summed E-state index contributed by atoms with van der Waals surface area (Å²) in [5.41, 5.74) is 10.5. The van der Waals surface area contributed by atoms with E-state index in [-0.39, 0.29) is 17.9 Å². The van der Waals surface area contributed by atoms with Gasteiger partial charge in [0.1, 0.15) is 0 Å². The van der Waals surface area contributed by atoms with Crippen LogP contribution >= 0.6 is 34.0 Å². The topological polar surface area (TPSA) is 83.5 Å². The van der Waals surface area contributed by atoms with Crippen LogP contribution in [0.15, 0.2) is 0 Å². The number of nitrogens with two attached hydrogens (primary N) is 2. The van der Waals surface area contributed by atoms with Gasteiger partial charge in [-0.15, -0.1) is 12.4 Å². The minimum Gasteiger partial charge on any atom is -0.412 e. The molecule has 6 N–H and O–H groups in total. The highest BCUT2D eigenvalue weighted by Gasteiger charge is 1.84. The third-order valence-corrected chi connectivity index (χ3v) is 2.96. The van der Waals surface area contributed by atoms with Gasteiger partial charge in [0.05, 0.1) is 0 Å². The van der Waals surface area contributed by atoms with Crippen LogP contribution in [0.1, 0.15) is 0 Å². The Hall–Kier alpha value is 0.870. The van der Waals surface area contributed by atoms with E-state index in [2.05, 4.69) is 0 Å². The van der Waals surface area contributed by atoms with Crippen molar-refractivity contribution in [1.29, 1.82) is 0 Å². The fourth-order valence-electron chi connectivity index (χ4n) is 0.214. The molecule has 0 amide bonds. The van der Waals surface area contributed by atoms with Gasteiger partial charge in [-0.2, -0.15) is 0 Å². The smallest absolute Gasteiger partial charge is 0.0160 e. The zero-order valence-electron chi connectivity index (χ0n) is 5.71. The van der Waals surface area contributed by atoms with Gasteiger partial charge in [0, 0.05) is 24.6 Å². The van der Waals surface area contributed by atoms with Crippen molar-refractivity contribution in [2.75, 3.05) is 24.6 Å². The highest BCUT2D eigenvalue weighted by molar-refractivity contribution is 8.76. The average molecular weight is 207 g/mol. The Balaban J connectivity index is -0.000000245. The van der Waals surface area contributed by atoms with Crippen LogP contribution in [-0.4, -0.2) is 30.1 Å². The van der Waals surface area contributed by atoms with E-state index in [1.165, 1.54) is 0 Å². The second kappa shape index (κ2) is 16.5. The van der Waals surface area contributed by atoms with Gasteiger partial charge in [-0.05, 0) is 0 Å². The fourth-order valence-corrected chi connectivity index (χ4v) is 1.93. The molecule has 0 aliphatic heterocycles. The van der Waals surface area contributed by atoms with Gasteiger partial charge < -0.3 is 16.9 Å². The third kappa shape index (κ3) is 15.9. The van der Waals surface area contributed by atoms with Crippen LogP contribution in [0.4, 0.5) is 0 Å². The summed E-state index contributed by atoms with van der Waals surface area (Å²) in [4.78, 5) is 0. The Labute approximate surface area is 75.8 Å². The third-order valence-electron chi connectivity index (χ3n) is 0.486. The Morgan fingerprint density at radius 3 is 1.40 bits per heavy atom. The first-order valence-corrected chi connectivity index (χ1v) is 5.05. The standard InChI is InChI=1S/C4H12N2S2.ClH.H2O/c5-1-3-7-8-4-2-6;;/h1-6H2;1H;1H2. The molecule has 0 spiro atoms. The van der Waals surface area contributed by atoms with Crippen molar-refractivity contribution < 1.29 is 5.48 Å². The molecule has 0 aliphatic carbocycles. The maximum Gasteiger partial charge on any atom is 0.0160 e. The summed E-state index contributed by atoms with van der Waals surface area (Å²) in [6, 6.07) is 0. The van der Waals surface area contributed by atoms with E-state index >= 15 is 0 Å². The van der Waals surface area contributed by atoms with Crippen molar-refractivity contribution in [3.63, 3.8) is 0 Å². The van der Waals surface area contributed by atoms with Crippen molar-refractivity contribution in [1.82, 2.24) is 0 Å². The number of hydrogen-bond acceptors (Lipinski definition) is 4. The molecule has 0 saturated carbocycles. The minimum absolute atomic E-state index is 0. The lowest BCUT2D eigenvalue weighted by atomic mass is 10.8. The molecule has 3 nitrogen and oxygen atoms in total. The summed E-state index contributed by atoms with van der Waals surface area (Å²) in [5, 5.41) is 0. The van der Waals surface area contributed by atoms with E-state index in [4.69, 9.17) is 11.5 Å². The molecule has 6 heteroatoms. The first-order valence-electron chi connectivity index (χ1n) is 2.56. The molecule has 10 heavy (non-hydrogen) atoms. The maximum atomic E-state index is 5.25. The van der Waals surface area contributed by atoms with Gasteiger partial charge >= 0.3 is 0 Å². The largest absolute Gasteiger partial charge is 0.412 e. The van der Waals surface area contributed by atoms with E-state index in [1.807, 2.05) is 0 Å². The lowest BCUT2D eigenvalue weighted by Gasteiger charge is -1.93. The van der Waals surface area contributed by atoms with E-state index in [0.717, 1.165) is 24.6 Å². The first-order chi connectivity index (χ1) is 3.91. The Morgan fingerprint density at radius 1 is 0.900 bits per heavy atom. The molecular weight excluding hydrogens is 192 g/mol. The number of rotatable bonds is 5. The summed E-state index contributed by atoms with van der Waals surface area (Å²) >= 11 is 0. The molecule has 0 aromatic heterocycles. The molecule has 0 heterocycles. The molecule has 0 bridgehead atoms. The zero-order chi connectivity index (χ0) is 6.24. The van der Waals surface area contributed by atoms with Gasteiger partial charge in [0.2, 0.25) is 0 Å². The molecule has 0 fully saturated rings. The van der Waals surface area contributed by atoms with Crippen LogP contribution in [-0.2, 0) is 0 Å². The van der Waals surface area contributed by atoms with Gasteiger partial charge in [-0.1, -0.05) is 21.6 Å². The summed E-state index contributed by atoms with van der Waals surface area (Å²) < 4.78 is 0. The van der Waals surface area contributed by atoms with Crippen LogP contribution in [0.25, 0.3) is 0 Å². The van der Waals surface area contributed by atoms with Crippen molar-refractivity contribution in [2.24, 2.45) is 11.5 Å². The summed E-state index contributed by atoms with van der Waals surface area (Å²) in [7, 11) is 3.58. The molecule has 0 aliphatic rings. The van der Waals surface area contributed by atoms with Gasteiger partial charge in [0.25, 0.3) is 0 Å². The van der Waals surface area contributed by atoms with Crippen LogP contribution in [0, 0.1) is 0 Å². The van der Waals surface area contributed by atoms with Crippen molar-refractivity contribution in [3.05, 3.63) is 0 Å². The van der Waals surface area contributed by atoms with E-state index in [9.17, 15) is 0 Å². The van der Waals surface area contributed by atoms with Crippen LogP contribution in [0.2, 0.25) is 0 Å². The Bertz CT molecular complexity index is 46.2.